The molecule has 4 heteroatoms. The van der Waals surface area contributed by atoms with Gasteiger partial charge in [0.1, 0.15) is 5.01 Å². The Balaban J connectivity index is 1.76. The van der Waals surface area contributed by atoms with Crippen LogP contribution in [0.4, 0.5) is 5.69 Å². The summed E-state index contributed by atoms with van der Waals surface area (Å²) in [6.07, 6.45) is 0. The molecule has 2 aromatic carbocycles. The van der Waals surface area contributed by atoms with Gasteiger partial charge in [0, 0.05) is 10.7 Å². The number of hydrogen-bond acceptors (Lipinski definition) is 3. The standard InChI is InChI=1S/C15H13ClN2S/c1-10-2-7-13-14(8-10)19-15(18-13)9-17-12-5-3-11(16)4-6-12/h2-8,17H,9H2,1H3. The Morgan fingerprint density at radius 2 is 1.95 bits per heavy atom. The molecule has 0 saturated heterocycles. The van der Waals surface area contributed by atoms with Crippen molar-refractivity contribution < 1.29 is 0 Å². The molecule has 96 valence electrons. The number of aromatic nitrogens is 1. The fourth-order valence-corrected chi connectivity index (χ4v) is 3.03. The molecule has 0 bridgehead atoms. The van der Waals surface area contributed by atoms with E-state index < -0.39 is 0 Å². The van der Waals surface area contributed by atoms with E-state index in [1.54, 1.807) is 11.3 Å². The highest BCUT2D eigenvalue weighted by molar-refractivity contribution is 7.18. The normalized spacial score (nSPS) is 10.8. The zero-order valence-electron chi connectivity index (χ0n) is 10.5. The van der Waals surface area contributed by atoms with E-state index in [0.717, 1.165) is 27.8 Å². The molecule has 0 radical (unpaired) electrons. The molecule has 1 N–H and O–H groups in total. The maximum atomic E-state index is 5.86. The van der Waals surface area contributed by atoms with E-state index in [4.69, 9.17) is 11.6 Å². The van der Waals surface area contributed by atoms with Crippen LogP contribution in [0.2, 0.25) is 5.02 Å². The third kappa shape index (κ3) is 2.88. The van der Waals surface area contributed by atoms with Crippen molar-refractivity contribution in [3.05, 3.63) is 58.1 Å². The zero-order valence-corrected chi connectivity index (χ0v) is 12.1. The number of hydrogen-bond donors (Lipinski definition) is 1. The van der Waals surface area contributed by atoms with E-state index in [1.165, 1.54) is 10.3 Å². The highest BCUT2D eigenvalue weighted by Gasteiger charge is 2.03. The van der Waals surface area contributed by atoms with Crippen LogP contribution in [0.25, 0.3) is 10.2 Å². The minimum absolute atomic E-state index is 0.736. The van der Waals surface area contributed by atoms with Gasteiger partial charge in [-0.25, -0.2) is 4.98 Å². The van der Waals surface area contributed by atoms with E-state index >= 15 is 0 Å². The molecule has 0 aliphatic rings. The molecule has 0 spiro atoms. The summed E-state index contributed by atoms with van der Waals surface area (Å²) in [6, 6.07) is 14.1. The minimum atomic E-state index is 0.736. The van der Waals surface area contributed by atoms with Gasteiger partial charge in [-0.1, -0.05) is 17.7 Å². The van der Waals surface area contributed by atoms with Gasteiger partial charge in [-0.3, -0.25) is 0 Å². The Morgan fingerprint density at radius 1 is 1.16 bits per heavy atom. The molecule has 0 unspecified atom stereocenters. The molecular weight excluding hydrogens is 276 g/mol. The van der Waals surface area contributed by atoms with Crippen molar-refractivity contribution in [3.8, 4) is 0 Å². The fourth-order valence-electron chi connectivity index (χ4n) is 1.90. The topological polar surface area (TPSA) is 24.9 Å². The molecular formula is C15H13ClN2S. The van der Waals surface area contributed by atoms with Crippen LogP contribution >= 0.6 is 22.9 Å². The predicted molar refractivity (Wildman–Crippen MR) is 83.1 cm³/mol. The van der Waals surface area contributed by atoms with Crippen molar-refractivity contribution in [2.75, 3.05) is 5.32 Å². The Labute approximate surface area is 121 Å². The molecule has 0 aliphatic carbocycles. The van der Waals surface area contributed by atoms with Gasteiger partial charge < -0.3 is 5.32 Å². The average Bonchev–Trinajstić information content (AvgIpc) is 2.80. The summed E-state index contributed by atoms with van der Waals surface area (Å²) in [6.45, 7) is 2.84. The van der Waals surface area contributed by atoms with Gasteiger partial charge in [-0.15, -0.1) is 11.3 Å². The molecule has 3 rings (SSSR count). The molecule has 1 heterocycles. The Bertz CT molecular complexity index is 704. The lowest BCUT2D eigenvalue weighted by molar-refractivity contribution is 1.12. The van der Waals surface area contributed by atoms with Crippen molar-refractivity contribution >= 4 is 38.8 Å². The van der Waals surface area contributed by atoms with Crippen molar-refractivity contribution in [1.29, 1.82) is 0 Å². The van der Waals surface area contributed by atoms with Gasteiger partial charge in [0.15, 0.2) is 0 Å². The fraction of sp³-hybridized carbons (Fsp3) is 0.133. The van der Waals surface area contributed by atoms with Gasteiger partial charge in [0.2, 0.25) is 0 Å². The molecule has 0 saturated carbocycles. The van der Waals surface area contributed by atoms with Gasteiger partial charge >= 0.3 is 0 Å². The minimum Gasteiger partial charge on any atom is -0.379 e. The molecule has 2 nitrogen and oxygen atoms in total. The number of thiazole rings is 1. The van der Waals surface area contributed by atoms with Crippen LogP contribution in [-0.2, 0) is 6.54 Å². The lowest BCUT2D eigenvalue weighted by Gasteiger charge is -2.03. The molecule has 19 heavy (non-hydrogen) atoms. The lowest BCUT2D eigenvalue weighted by atomic mass is 10.2. The number of halogens is 1. The summed E-state index contributed by atoms with van der Waals surface area (Å²) in [7, 11) is 0. The third-order valence-electron chi connectivity index (χ3n) is 2.88. The van der Waals surface area contributed by atoms with E-state index in [2.05, 4.69) is 35.4 Å². The van der Waals surface area contributed by atoms with Crippen LogP contribution in [0.1, 0.15) is 10.6 Å². The highest BCUT2D eigenvalue weighted by atomic mass is 35.5. The van der Waals surface area contributed by atoms with Crippen molar-refractivity contribution in [1.82, 2.24) is 4.98 Å². The summed E-state index contributed by atoms with van der Waals surface area (Å²) >= 11 is 7.59. The molecule has 0 aliphatic heterocycles. The van der Waals surface area contributed by atoms with Gasteiger partial charge in [0.25, 0.3) is 0 Å². The van der Waals surface area contributed by atoms with E-state index in [9.17, 15) is 0 Å². The number of fused-ring (bicyclic) bond motifs is 1. The van der Waals surface area contributed by atoms with Crippen molar-refractivity contribution in [2.45, 2.75) is 13.5 Å². The Kier molecular flexibility index (Phi) is 3.40. The van der Waals surface area contributed by atoms with E-state index in [-0.39, 0.29) is 0 Å². The number of benzene rings is 2. The first-order valence-electron chi connectivity index (χ1n) is 6.06. The maximum Gasteiger partial charge on any atom is 0.113 e. The van der Waals surface area contributed by atoms with Crippen LogP contribution in [0.5, 0.6) is 0 Å². The SMILES string of the molecule is Cc1ccc2nc(CNc3ccc(Cl)cc3)sc2c1. The number of nitrogens with one attached hydrogen (secondary N) is 1. The third-order valence-corrected chi connectivity index (χ3v) is 4.15. The first-order chi connectivity index (χ1) is 9.20. The highest BCUT2D eigenvalue weighted by Crippen LogP contribution is 2.24. The monoisotopic (exact) mass is 288 g/mol. The van der Waals surface area contributed by atoms with Gasteiger partial charge in [-0.2, -0.15) is 0 Å². The number of aryl methyl sites for hydroxylation is 1. The Morgan fingerprint density at radius 3 is 2.74 bits per heavy atom. The zero-order chi connectivity index (χ0) is 13.2. The van der Waals surface area contributed by atoms with Crippen molar-refractivity contribution in [3.63, 3.8) is 0 Å². The van der Waals surface area contributed by atoms with Crippen LogP contribution in [0, 0.1) is 6.92 Å². The second-order valence-corrected chi connectivity index (χ2v) is 5.99. The maximum absolute atomic E-state index is 5.86. The largest absolute Gasteiger partial charge is 0.379 e. The van der Waals surface area contributed by atoms with Crippen LogP contribution < -0.4 is 5.32 Å². The first kappa shape index (κ1) is 12.5. The molecule has 3 aromatic rings. The number of nitrogens with zero attached hydrogens (tertiary/aromatic N) is 1. The summed E-state index contributed by atoms with van der Waals surface area (Å²) in [5, 5.41) is 5.20. The van der Waals surface area contributed by atoms with Crippen LogP contribution in [0.3, 0.4) is 0 Å². The summed E-state index contributed by atoms with van der Waals surface area (Å²) in [4.78, 5) is 4.62. The summed E-state index contributed by atoms with van der Waals surface area (Å²) < 4.78 is 1.24. The summed E-state index contributed by atoms with van der Waals surface area (Å²) in [5.41, 5.74) is 3.40. The molecule has 0 atom stereocenters. The first-order valence-corrected chi connectivity index (χ1v) is 7.26. The number of anilines is 1. The number of rotatable bonds is 3. The summed E-state index contributed by atoms with van der Waals surface area (Å²) in [5.74, 6) is 0. The Hall–Kier alpha value is -1.58. The van der Waals surface area contributed by atoms with Crippen LogP contribution in [-0.4, -0.2) is 4.98 Å². The predicted octanol–water partition coefficient (Wildman–Crippen LogP) is 4.87. The van der Waals surface area contributed by atoms with E-state index in [0.29, 0.717) is 0 Å². The van der Waals surface area contributed by atoms with Crippen molar-refractivity contribution in [2.24, 2.45) is 0 Å². The molecule has 1 aromatic heterocycles. The smallest absolute Gasteiger partial charge is 0.113 e. The molecule has 0 amide bonds. The molecule has 0 fully saturated rings. The second kappa shape index (κ2) is 5.19. The van der Waals surface area contributed by atoms with E-state index in [1.807, 2.05) is 24.3 Å². The van der Waals surface area contributed by atoms with Crippen LogP contribution in [0.15, 0.2) is 42.5 Å². The van der Waals surface area contributed by atoms with Gasteiger partial charge in [-0.05, 0) is 48.9 Å². The quantitative estimate of drug-likeness (QED) is 0.744. The second-order valence-electron chi connectivity index (χ2n) is 4.44. The lowest BCUT2D eigenvalue weighted by Crippen LogP contribution is -1.98. The van der Waals surface area contributed by atoms with Gasteiger partial charge in [0.05, 0.1) is 16.8 Å². The average molecular weight is 289 g/mol.